The average molecular weight is 360 g/mol. The smallest absolute Gasteiger partial charge is 0.349 e. The normalized spacial score (nSPS) is 11.4. The fourth-order valence-electron chi connectivity index (χ4n) is 3.21. The van der Waals surface area contributed by atoms with Gasteiger partial charge in [-0.3, -0.25) is 0 Å². The molecule has 7 nitrogen and oxygen atoms in total. The highest BCUT2D eigenvalue weighted by Crippen LogP contribution is 2.37. The van der Waals surface area contributed by atoms with Gasteiger partial charge in [0.15, 0.2) is 5.76 Å². The first-order valence-corrected chi connectivity index (χ1v) is 8.18. The van der Waals surface area contributed by atoms with Crippen molar-refractivity contribution >= 4 is 21.9 Å². The van der Waals surface area contributed by atoms with Crippen LogP contribution in [0.15, 0.2) is 73.0 Å². The summed E-state index contributed by atoms with van der Waals surface area (Å²) in [7, 11) is 0. The molecule has 5 rings (SSSR count). The number of furan rings is 1. The lowest BCUT2D eigenvalue weighted by Crippen LogP contribution is -2.06. The second-order valence-corrected chi connectivity index (χ2v) is 6.09. The Balaban J connectivity index is 1.82. The summed E-state index contributed by atoms with van der Waals surface area (Å²) in [5.74, 6) is 0.0889. The van der Waals surface area contributed by atoms with Crippen molar-refractivity contribution in [3.05, 3.63) is 75.5 Å². The zero-order chi connectivity index (χ0) is 18.5. The van der Waals surface area contributed by atoms with E-state index in [1.807, 2.05) is 18.2 Å². The van der Waals surface area contributed by atoms with E-state index in [0.717, 1.165) is 5.39 Å². The highest BCUT2D eigenvalue weighted by Gasteiger charge is 2.23. The van der Waals surface area contributed by atoms with Gasteiger partial charge in [0.1, 0.15) is 28.2 Å². The van der Waals surface area contributed by atoms with Crippen LogP contribution in [-0.4, -0.2) is 15.1 Å². The Morgan fingerprint density at radius 1 is 0.815 bits per heavy atom. The average Bonchev–Trinajstić information content (AvgIpc) is 3.25. The van der Waals surface area contributed by atoms with Crippen molar-refractivity contribution in [2.24, 2.45) is 0 Å². The molecule has 0 fully saturated rings. The topological polar surface area (TPSA) is 112 Å². The van der Waals surface area contributed by atoms with Gasteiger partial charge in [-0.05, 0) is 24.3 Å². The standard InChI is InChI=1S/C20H12N2O5/c23-18-11-6-2-4-8-13(11)27-19(24)15(18)17-16(21-20(25)22-17)14-9-10-5-1-3-7-12(10)26-14/h1-9,23H,(H2,21,22,25). The maximum absolute atomic E-state index is 12.5. The third-order valence-corrected chi connectivity index (χ3v) is 4.43. The molecular formula is C20H12N2O5. The van der Waals surface area contributed by atoms with Gasteiger partial charge in [-0.1, -0.05) is 30.3 Å². The third-order valence-electron chi connectivity index (χ3n) is 4.43. The second-order valence-electron chi connectivity index (χ2n) is 6.09. The minimum absolute atomic E-state index is 0.107. The second kappa shape index (κ2) is 5.50. The molecule has 0 radical (unpaired) electrons. The number of benzene rings is 2. The molecule has 27 heavy (non-hydrogen) atoms. The van der Waals surface area contributed by atoms with E-state index in [0.29, 0.717) is 16.7 Å². The number of hydrogen-bond donors (Lipinski definition) is 3. The molecule has 0 saturated carbocycles. The molecule has 3 N–H and O–H groups in total. The number of para-hydroxylation sites is 2. The molecule has 0 bridgehead atoms. The number of aromatic hydroxyl groups is 1. The minimum atomic E-state index is -0.765. The van der Waals surface area contributed by atoms with Crippen LogP contribution in [0.25, 0.3) is 44.7 Å². The Morgan fingerprint density at radius 3 is 2.33 bits per heavy atom. The molecule has 7 heteroatoms. The lowest BCUT2D eigenvalue weighted by Gasteiger charge is -2.06. The van der Waals surface area contributed by atoms with Crippen molar-refractivity contribution in [2.45, 2.75) is 0 Å². The number of fused-ring (bicyclic) bond motifs is 2. The van der Waals surface area contributed by atoms with E-state index in [9.17, 15) is 14.7 Å². The first-order chi connectivity index (χ1) is 13.1. The lowest BCUT2D eigenvalue weighted by atomic mass is 10.1. The van der Waals surface area contributed by atoms with E-state index in [1.165, 1.54) is 0 Å². The van der Waals surface area contributed by atoms with Gasteiger partial charge >= 0.3 is 11.3 Å². The number of hydrogen-bond acceptors (Lipinski definition) is 5. The van der Waals surface area contributed by atoms with Gasteiger partial charge in [0.2, 0.25) is 0 Å². The SMILES string of the molecule is O=c1[nH]c(-c2cc3ccccc3o2)c(-c2c(O)c3ccccc3oc2=O)[nH]1. The maximum atomic E-state index is 12.5. The van der Waals surface area contributed by atoms with E-state index in [1.54, 1.807) is 36.4 Å². The molecule has 132 valence electrons. The predicted octanol–water partition coefficient (Wildman–Crippen LogP) is 3.60. The molecule has 0 aliphatic carbocycles. The number of rotatable bonds is 2. The molecule has 0 amide bonds. The summed E-state index contributed by atoms with van der Waals surface area (Å²) in [6, 6.07) is 15.7. The van der Waals surface area contributed by atoms with Crippen molar-refractivity contribution < 1.29 is 13.9 Å². The van der Waals surface area contributed by atoms with Gasteiger partial charge in [0.25, 0.3) is 0 Å². The summed E-state index contributed by atoms with van der Waals surface area (Å²) in [6.07, 6.45) is 0. The van der Waals surface area contributed by atoms with E-state index in [4.69, 9.17) is 8.83 Å². The van der Waals surface area contributed by atoms with Crippen LogP contribution in [0.1, 0.15) is 0 Å². The van der Waals surface area contributed by atoms with Crippen LogP contribution in [0.2, 0.25) is 0 Å². The van der Waals surface area contributed by atoms with Crippen molar-refractivity contribution in [3.8, 4) is 28.5 Å². The molecule has 0 aliphatic heterocycles. The highest BCUT2D eigenvalue weighted by molar-refractivity contribution is 5.93. The first kappa shape index (κ1) is 15.3. The van der Waals surface area contributed by atoms with Gasteiger partial charge in [0, 0.05) is 5.39 Å². The van der Waals surface area contributed by atoms with E-state index >= 15 is 0 Å². The first-order valence-electron chi connectivity index (χ1n) is 8.18. The molecule has 3 heterocycles. The molecule has 0 aliphatic rings. The monoisotopic (exact) mass is 360 g/mol. The van der Waals surface area contributed by atoms with Crippen molar-refractivity contribution in [2.75, 3.05) is 0 Å². The molecule has 0 unspecified atom stereocenters. The summed E-state index contributed by atoms with van der Waals surface area (Å²) in [4.78, 5) is 29.7. The highest BCUT2D eigenvalue weighted by atomic mass is 16.4. The quantitative estimate of drug-likeness (QED) is 0.416. The van der Waals surface area contributed by atoms with Crippen molar-refractivity contribution in [1.29, 1.82) is 0 Å². The number of H-pyrrole nitrogens is 2. The molecule has 5 aromatic rings. The van der Waals surface area contributed by atoms with Gasteiger partial charge in [-0.25, -0.2) is 9.59 Å². The third kappa shape index (κ3) is 2.29. The number of aromatic nitrogens is 2. The number of aromatic amines is 2. The van der Waals surface area contributed by atoms with Crippen LogP contribution in [-0.2, 0) is 0 Å². The van der Waals surface area contributed by atoms with Gasteiger partial charge in [0.05, 0.1) is 11.1 Å². The molecule has 0 spiro atoms. The number of nitrogens with one attached hydrogen (secondary N) is 2. The fourth-order valence-corrected chi connectivity index (χ4v) is 3.21. The van der Waals surface area contributed by atoms with Crippen molar-refractivity contribution in [3.63, 3.8) is 0 Å². The van der Waals surface area contributed by atoms with Gasteiger partial charge in [-0.2, -0.15) is 0 Å². The van der Waals surface area contributed by atoms with E-state index in [2.05, 4.69) is 9.97 Å². The Labute approximate surface area is 150 Å². The summed E-state index contributed by atoms with van der Waals surface area (Å²) >= 11 is 0. The molecule has 0 atom stereocenters. The van der Waals surface area contributed by atoms with Crippen molar-refractivity contribution in [1.82, 2.24) is 9.97 Å². The van der Waals surface area contributed by atoms with E-state index in [-0.39, 0.29) is 28.3 Å². The Morgan fingerprint density at radius 2 is 1.52 bits per heavy atom. The maximum Gasteiger partial charge on any atom is 0.349 e. The Hall–Kier alpha value is -4.00. The van der Waals surface area contributed by atoms with Crippen LogP contribution in [0, 0.1) is 0 Å². The molecule has 2 aromatic carbocycles. The largest absolute Gasteiger partial charge is 0.506 e. The van der Waals surface area contributed by atoms with E-state index < -0.39 is 11.3 Å². The molecular weight excluding hydrogens is 348 g/mol. The minimum Gasteiger partial charge on any atom is -0.506 e. The predicted molar refractivity (Wildman–Crippen MR) is 99.8 cm³/mol. The summed E-state index contributed by atoms with van der Waals surface area (Å²) < 4.78 is 11.1. The van der Waals surface area contributed by atoms with Gasteiger partial charge in [-0.15, -0.1) is 0 Å². The Bertz CT molecular complexity index is 1400. The van der Waals surface area contributed by atoms with Crippen LogP contribution < -0.4 is 11.3 Å². The Kier molecular flexibility index (Phi) is 3.11. The van der Waals surface area contributed by atoms with Crippen LogP contribution in [0.3, 0.4) is 0 Å². The summed E-state index contributed by atoms with van der Waals surface area (Å²) in [6.45, 7) is 0. The number of imidazole rings is 1. The molecule has 0 saturated heterocycles. The summed E-state index contributed by atoms with van der Waals surface area (Å²) in [5.41, 5.74) is -0.180. The van der Waals surface area contributed by atoms with Crippen LogP contribution in [0.5, 0.6) is 5.75 Å². The zero-order valence-electron chi connectivity index (χ0n) is 13.8. The summed E-state index contributed by atoms with van der Waals surface area (Å²) in [5, 5.41) is 11.9. The van der Waals surface area contributed by atoms with Crippen LogP contribution >= 0.6 is 0 Å². The fraction of sp³-hybridized carbons (Fsp3) is 0. The van der Waals surface area contributed by atoms with Gasteiger partial charge < -0.3 is 23.9 Å². The lowest BCUT2D eigenvalue weighted by molar-refractivity contribution is 0.471. The zero-order valence-corrected chi connectivity index (χ0v) is 13.8. The molecule has 3 aromatic heterocycles. The van der Waals surface area contributed by atoms with Crippen LogP contribution in [0.4, 0.5) is 0 Å².